The van der Waals surface area contributed by atoms with Gasteiger partial charge in [0.1, 0.15) is 10.3 Å². The summed E-state index contributed by atoms with van der Waals surface area (Å²) in [5, 5.41) is 11.9. The Bertz CT molecular complexity index is 814. The number of carboxylic acid groups (broad SMARTS) is 1. The van der Waals surface area contributed by atoms with Gasteiger partial charge in [0.25, 0.3) is 0 Å². The van der Waals surface area contributed by atoms with Crippen molar-refractivity contribution in [1.82, 2.24) is 4.31 Å². The van der Waals surface area contributed by atoms with Crippen LogP contribution in [0.5, 0.6) is 0 Å². The first-order chi connectivity index (χ1) is 11.8. The summed E-state index contributed by atoms with van der Waals surface area (Å²) >= 11 is 6.06. The minimum atomic E-state index is -3.74. The lowest BCUT2D eigenvalue weighted by atomic mass is 9.68. The second kappa shape index (κ2) is 6.59. The average Bonchev–Trinajstić information content (AvgIpc) is 3.02. The Kier molecular flexibility index (Phi) is 4.78. The molecule has 2 fully saturated rings. The molecule has 1 aromatic carbocycles. The van der Waals surface area contributed by atoms with E-state index in [1.165, 1.54) is 22.5 Å². The van der Waals surface area contributed by atoms with Crippen molar-refractivity contribution in [2.75, 3.05) is 18.4 Å². The zero-order chi connectivity index (χ0) is 18.2. The Labute approximate surface area is 151 Å². The molecule has 1 saturated heterocycles. The van der Waals surface area contributed by atoms with E-state index in [9.17, 15) is 23.1 Å². The van der Waals surface area contributed by atoms with Crippen molar-refractivity contribution in [2.45, 2.75) is 37.0 Å². The molecule has 1 aliphatic heterocycles. The summed E-state index contributed by atoms with van der Waals surface area (Å²) in [4.78, 5) is 23.7. The first-order valence-corrected chi connectivity index (χ1v) is 9.94. The van der Waals surface area contributed by atoms with E-state index < -0.39 is 27.3 Å². The number of nitrogens with one attached hydrogen (secondary N) is 1. The lowest BCUT2D eigenvalue weighted by Gasteiger charge is -2.35. The zero-order valence-corrected chi connectivity index (χ0v) is 15.1. The van der Waals surface area contributed by atoms with Gasteiger partial charge in [0.2, 0.25) is 15.9 Å². The molecule has 0 atom stereocenters. The standard InChI is InChI=1S/C16H19ClN2O5S/c17-12-5-4-11(18-14(20)16(15(21)22)6-3-7-16)10-13(12)25(23,24)19-8-1-2-9-19/h4-5,10H,1-3,6-9H2,(H,18,20)(H,21,22). The number of carbonyl (C=O) groups excluding carboxylic acids is 1. The number of halogens is 1. The quantitative estimate of drug-likeness (QED) is 0.756. The number of carboxylic acids is 1. The number of nitrogens with zero attached hydrogens (tertiary/aromatic N) is 1. The molecule has 25 heavy (non-hydrogen) atoms. The molecule has 0 aromatic heterocycles. The van der Waals surface area contributed by atoms with Crippen LogP contribution in [-0.4, -0.2) is 42.8 Å². The predicted octanol–water partition coefficient (Wildman–Crippen LogP) is 2.32. The smallest absolute Gasteiger partial charge is 0.319 e. The summed E-state index contributed by atoms with van der Waals surface area (Å²) in [5.41, 5.74) is -1.20. The molecular weight excluding hydrogens is 368 g/mol. The van der Waals surface area contributed by atoms with Crippen LogP contribution >= 0.6 is 11.6 Å². The summed E-state index contributed by atoms with van der Waals surface area (Å²) in [6.45, 7) is 0.884. The summed E-state index contributed by atoms with van der Waals surface area (Å²) in [6, 6.07) is 4.16. The third-order valence-corrected chi connectivity index (χ3v) is 7.30. The Morgan fingerprint density at radius 3 is 2.32 bits per heavy atom. The average molecular weight is 387 g/mol. The van der Waals surface area contributed by atoms with Crippen molar-refractivity contribution in [2.24, 2.45) is 5.41 Å². The van der Waals surface area contributed by atoms with E-state index >= 15 is 0 Å². The fourth-order valence-electron chi connectivity index (χ4n) is 3.17. The summed E-state index contributed by atoms with van der Waals surface area (Å²) in [7, 11) is -3.74. The lowest BCUT2D eigenvalue weighted by molar-refractivity contribution is -0.159. The highest BCUT2D eigenvalue weighted by Gasteiger charge is 2.51. The maximum atomic E-state index is 12.7. The van der Waals surface area contributed by atoms with Crippen molar-refractivity contribution in [3.8, 4) is 0 Å². The van der Waals surface area contributed by atoms with Gasteiger partial charge < -0.3 is 10.4 Å². The molecule has 0 radical (unpaired) electrons. The van der Waals surface area contributed by atoms with Gasteiger partial charge in [-0.3, -0.25) is 9.59 Å². The van der Waals surface area contributed by atoms with Crippen LogP contribution in [-0.2, 0) is 19.6 Å². The van der Waals surface area contributed by atoms with Crippen LogP contribution in [0.15, 0.2) is 23.1 Å². The first kappa shape index (κ1) is 18.2. The molecule has 1 aliphatic carbocycles. The minimum Gasteiger partial charge on any atom is -0.480 e. The van der Waals surface area contributed by atoms with Gasteiger partial charge in [-0.15, -0.1) is 0 Å². The third-order valence-electron chi connectivity index (χ3n) is 4.92. The van der Waals surface area contributed by atoms with Crippen molar-refractivity contribution in [1.29, 1.82) is 0 Å². The minimum absolute atomic E-state index is 0.0708. The number of carbonyl (C=O) groups is 2. The highest BCUT2D eigenvalue weighted by molar-refractivity contribution is 7.89. The van der Waals surface area contributed by atoms with E-state index in [0.717, 1.165) is 12.8 Å². The van der Waals surface area contributed by atoms with Crippen LogP contribution in [0, 0.1) is 5.41 Å². The SMILES string of the molecule is O=C(O)C1(C(=O)Nc2ccc(Cl)c(S(=O)(=O)N3CCCC3)c2)CCC1. The van der Waals surface area contributed by atoms with Gasteiger partial charge in [0.15, 0.2) is 0 Å². The van der Waals surface area contributed by atoms with E-state index in [4.69, 9.17) is 11.6 Å². The Balaban J connectivity index is 1.87. The van der Waals surface area contributed by atoms with Crippen molar-refractivity contribution in [3.05, 3.63) is 23.2 Å². The van der Waals surface area contributed by atoms with Gasteiger partial charge >= 0.3 is 5.97 Å². The topological polar surface area (TPSA) is 104 Å². The molecule has 2 aliphatic rings. The van der Waals surface area contributed by atoms with Crippen LogP contribution in [0.25, 0.3) is 0 Å². The first-order valence-electron chi connectivity index (χ1n) is 8.12. The van der Waals surface area contributed by atoms with Crippen LogP contribution < -0.4 is 5.32 Å². The van der Waals surface area contributed by atoms with Gasteiger partial charge in [-0.1, -0.05) is 18.0 Å². The lowest BCUT2D eigenvalue weighted by Crippen LogP contribution is -2.48. The van der Waals surface area contributed by atoms with Gasteiger partial charge in [-0.25, -0.2) is 8.42 Å². The van der Waals surface area contributed by atoms with Crippen LogP contribution in [0.4, 0.5) is 5.69 Å². The largest absolute Gasteiger partial charge is 0.480 e. The number of hydrogen-bond acceptors (Lipinski definition) is 4. The molecular formula is C16H19ClN2O5S. The zero-order valence-electron chi connectivity index (χ0n) is 13.5. The number of aliphatic carboxylic acids is 1. The fraction of sp³-hybridized carbons (Fsp3) is 0.500. The Hall–Kier alpha value is -1.64. The number of benzene rings is 1. The van der Waals surface area contributed by atoms with Crippen LogP contribution in [0.2, 0.25) is 5.02 Å². The molecule has 0 unspecified atom stereocenters. The van der Waals surface area contributed by atoms with Crippen molar-refractivity contribution >= 4 is 39.2 Å². The fourth-order valence-corrected chi connectivity index (χ4v) is 5.18. The van der Waals surface area contributed by atoms with Gasteiger partial charge in [0, 0.05) is 18.8 Å². The van der Waals surface area contributed by atoms with Gasteiger partial charge in [0.05, 0.1) is 5.02 Å². The number of hydrogen-bond donors (Lipinski definition) is 2. The summed E-state index contributed by atoms with van der Waals surface area (Å²) in [5.74, 6) is -1.78. The van der Waals surface area contributed by atoms with Gasteiger partial charge in [-0.2, -0.15) is 4.31 Å². The molecule has 1 amide bonds. The molecule has 7 nitrogen and oxygen atoms in total. The molecule has 3 rings (SSSR count). The maximum Gasteiger partial charge on any atom is 0.319 e. The Morgan fingerprint density at radius 2 is 1.80 bits per heavy atom. The molecule has 0 bridgehead atoms. The molecule has 2 N–H and O–H groups in total. The van der Waals surface area contributed by atoms with E-state index in [2.05, 4.69) is 5.32 Å². The molecule has 1 heterocycles. The third kappa shape index (κ3) is 3.14. The molecule has 9 heteroatoms. The number of rotatable bonds is 5. The number of amides is 1. The van der Waals surface area contributed by atoms with E-state index in [0.29, 0.717) is 19.5 Å². The van der Waals surface area contributed by atoms with Gasteiger partial charge in [-0.05, 0) is 43.9 Å². The van der Waals surface area contributed by atoms with E-state index in [1.54, 1.807) is 0 Å². The molecule has 0 spiro atoms. The molecule has 136 valence electrons. The van der Waals surface area contributed by atoms with Crippen molar-refractivity contribution < 1.29 is 23.1 Å². The Morgan fingerprint density at radius 1 is 1.16 bits per heavy atom. The monoisotopic (exact) mass is 386 g/mol. The second-order valence-corrected chi connectivity index (χ2v) is 8.76. The number of anilines is 1. The number of sulfonamides is 1. The van der Waals surface area contributed by atoms with Crippen molar-refractivity contribution in [3.63, 3.8) is 0 Å². The second-order valence-electron chi connectivity index (χ2n) is 6.45. The highest BCUT2D eigenvalue weighted by Crippen LogP contribution is 2.42. The molecule has 1 saturated carbocycles. The molecule has 1 aromatic rings. The highest BCUT2D eigenvalue weighted by atomic mass is 35.5. The summed E-state index contributed by atoms with van der Waals surface area (Å²) in [6.07, 6.45) is 2.83. The van der Waals surface area contributed by atoms with Crippen LogP contribution in [0.1, 0.15) is 32.1 Å². The predicted molar refractivity (Wildman–Crippen MR) is 92.0 cm³/mol. The normalized spacial score (nSPS) is 20.0. The van der Waals surface area contributed by atoms with E-state index in [1.807, 2.05) is 0 Å². The van der Waals surface area contributed by atoms with Crippen LogP contribution in [0.3, 0.4) is 0 Å². The summed E-state index contributed by atoms with van der Waals surface area (Å²) < 4.78 is 26.8. The maximum absolute atomic E-state index is 12.7. The van der Waals surface area contributed by atoms with E-state index in [-0.39, 0.29) is 28.4 Å².